The van der Waals surface area contributed by atoms with Gasteiger partial charge in [-0.15, -0.1) is 34.9 Å². The van der Waals surface area contributed by atoms with Gasteiger partial charge in [0, 0.05) is 45.2 Å². The Morgan fingerprint density at radius 1 is 0.717 bits per heavy atom. The Balaban J connectivity index is 0.000000352. The molecular formula is C42H50IrNO2-. The number of benzene rings is 4. The molecule has 3 nitrogen and oxygen atoms in total. The largest absolute Gasteiger partial charge is 0.512 e. The van der Waals surface area contributed by atoms with Gasteiger partial charge in [-0.2, -0.15) is 0 Å². The average Bonchev–Trinajstić information content (AvgIpc) is 2.95. The molecule has 46 heavy (non-hydrogen) atoms. The molecular weight excluding hydrogens is 743 g/mol. The second-order valence-corrected chi connectivity index (χ2v) is 14.1. The number of aromatic nitrogens is 1. The van der Waals surface area contributed by atoms with E-state index < -0.39 is 0 Å². The molecule has 0 saturated carbocycles. The molecule has 0 aliphatic rings. The average molecular weight is 793 g/mol. The molecule has 4 aromatic carbocycles. The van der Waals surface area contributed by atoms with Gasteiger partial charge in [-0.3, -0.25) is 4.79 Å². The van der Waals surface area contributed by atoms with Gasteiger partial charge in [0.1, 0.15) is 0 Å². The number of rotatable bonds is 10. The maximum atomic E-state index is 11.2. The summed E-state index contributed by atoms with van der Waals surface area (Å²) in [5.74, 6) is 2.20. The zero-order valence-electron chi connectivity index (χ0n) is 28.8. The Morgan fingerprint density at radius 3 is 2.00 bits per heavy atom. The van der Waals surface area contributed by atoms with Crippen LogP contribution in [-0.2, 0) is 37.7 Å². The van der Waals surface area contributed by atoms with Crippen LogP contribution in [0.2, 0.25) is 0 Å². The summed E-state index contributed by atoms with van der Waals surface area (Å²) >= 11 is 0. The summed E-state index contributed by atoms with van der Waals surface area (Å²) in [5, 5.41) is 17.0. The fourth-order valence-electron chi connectivity index (χ4n) is 6.06. The number of ketones is 1. The van der Waals surface area contributed by atoms with Gasteiger partial charge in [0.15, 0.2) is 5.78 Å². The fourth-order valence-corrected chi connectivity index (χ4v) is 6.06. The third-order valence-electron chi connectivity index (χ3n) is 7.73. The molecule has 5 aromatic rings. The van der Waals surface area contributed by atoms with E-state index in [4.69, 9.17) is 4.98 Å². The number of fused-ring (bicyclic) bond motifs is 5. The quantitative estimate of drug-likeness (QED) is 0.0663. The molecule has 245 valence electrons. The predicted molar refractivity (Wildman–Crippen MR) is 193 cm³/mol. The first-order valence-corrected chi connectivity index (χ1v) is 16.6. The topological polar surface area (TPSA) is 50.2 Å². The van der Waals surface area contributed by atoms with Crippen LogP contribution in [0.25, 0.3) is 43.6 Å². The summed E-state index contributed by atoms with van der Waals surface area (Å²) in [5.41, 5.74) is 4.83. The van der Waals surface area contributed by atoms with E-state index in [0.717, 1.165) is 24.1 Å². The molecule has 0 amide bonds. The smallest absolute Gasteiger partial charge is 0.159 e. The van der Waals surface area contributed by atoms with Crippen LogP contribution < -0.4 is 0 Å². The zero-order chi connectivity index (χ0) is 32.7. The number of hydrogen-bond donors (Lipinski definition) is 1. The van der Waals surface area contributed by atoms with Crippen molar-refractivity contribution in [2.24, 2.45) is 23.7 Å². The molecule has 0 bridgehead atoms. The van der Waals surface area contributed by atoms with Crippen molar-refractivity contribution in [1.29, 1.82) is 0 Å². The molecule has 0 atom stereocenters. The minimum Gasteiger partial charge on any atom is -0.512 e. The molecule has 0 saturated heterocycles. The summed E-state index contributed by atoms with van der Waals surface area (Å²) in [6, 6.07) is 28.1. The Morgan fingerprint density at radius 2 is 1.33 bits per heavy atom. The Hall–Kier alpha value is -3.33. The third kappa shape index (κ3) is 10.1. The van der Waals surface area contributed by atoms with Crippen LogP contribution in [0.3, 0.4) is 0 Å². The minimum absolute atomic E-state index is 0. The van der Waals surface area contributed by atoms with E-state index >= 15 is 0 Å². The number of pyridine rings is 1. The molecule has 5 rings (SSSR count). The maximum Gasteiger partial charge on any atom is 0.159 e. The van der Waals surface area contributed by atoms with Crippen molar-refractivity contribution in [1.82, 2.24) is 4.98 Å². The first-order valence-electron chi connectivity index (χ1n) is 16.6. The van der Waals surface area contributed by atoms with Crippen LogP contribution in [0.4, 0.5) is 0 Å². The predicted octanol–water partition coefficient (Wildman–Crippen LogP) is 11.5. The molecule has 1 heterocycles. The second-order valence-electron chi connectivity index (χ2n) is 14.1. The molecule has 1 radical (unpaired) electrons. The van der Waals surface area contributed by atoms with Crippen molar-refractivity contribution in [3.63, 3.8) is 0 Å². The SMILES string of the molecule is CC(C)CC(=O)/C=C(\O)CC(C)C.CC(C)Cc1[c-]c(-c2nccc3c2ccc2c4ccccc4ccc32)cc(CC(C)C)c1.[Ir]. The Kier molecular flexibility index (Phi) is 13.7. The van der Waals surface area contributed by atoms with Gasteiger partial charge in [-0.1, -0.05) is 104 Å². The van der Waals surface area contributed by atoms with Crippen LogP contribution in [0.5, 0.6) is 0 Å². The summed E-state index contributed by atoms with van der Waals surface area (Å²) in [7, 11) is 0. The third-order valence-corrected chi connectivity index (χ3v) is 7.73. The first kappa shape index (κ1) is 37.1. The van der Waals surface area contributed by atoms with Crippen molar-refractivity contribution in [2.45, 2.75) is 81.1 Å². The van der Waals surface area contributed by atoms with Crippen molar-refractivity contribution >= 4 is 38.1 Å². The van der Waals surface area contributed by atoms with Gasteiger partial charge < -0.3 is 10.1 Å². The molecule has 4 heteroatoms. The second kappa shape index (κ2) is 17.0. The van der Waals surface area contributed by atoms with E-state index in [0.29, 0.717) is 36.5 Å². The Bertz CT molecular complexity index is 1770. The van der Waals surface area contributed by atoms with Gasteiger partial charge in [-0.05, 0) is 80.6 Å². The zero-order valence-corrected chi connectivity index (χ0v) is 31.2. The van der Waals surface area contributed by atoms with Crippen molar-refractivity contribution < 1.29 is 30.0 Å². The summed E-state index contributed by atoms with van der Waals surface area (Å²) in [4.78, 5) is 16.1. The number of hydrogen-bond acceptors (Lipinski definition) is 3. The fraction of sp³-hybridized carbons (Fsp3) is 0.381. The number of allylic oxidation sites excluding steroid dienone is 2. The molecule has 0 fully saturated rings. The van der Waals surface area contributed by atoms with E-state index in [-0.39, 0.29) is 31.6 Å². The van der Waals surface area contributed by atoms with Crippen LogP contribution in [-0.4, -0.2) is 15.9 Å². The van der Waals surface area contributed by atoms with E-state index in [9.17, 15) is 9.90 Å². The molecule has 1 aromatic heterocycles. The molecule has 0 aliphatic carbocycles. The molecule has 0 unspecified atom stereocenters. The number of nitrogens with zero attached hydrogens (tertiary/aromatic N) is 1. The van der Waals surface area contributed by atoms with Gasteiger partial charge in [0.05, 0.1) is 5.76 Å². The van der Waals surface area contributed by atoms with E-state index in [1.807, 2.05) is 33.9 Å². The molecule has 1 N–H and O–H groups in total. The first-order chi connectivity index (χ1) is 21.4. The van der Waals surface area contributed by atoms with Crippen molar-refractivity contribution in [3.8, 4) is 11.3 Å². The number of aliphatic hydroxyl groups is 1. The molecule has 0 spiro atoms. The van der Waals surface area contributed by atoms with E-state index in [1.54, 1.807) is 0 Å². The van der Waals surface area contributed by atoms with E-state index in [2.05, 4.69) is 100 Å². The van der Waals surface area contributed by atoms with Crippen LogP contribution >= 0.6 is 0 Å². The van der Waals surface area contributed by atoms with Crippen molar-refractivity contribution in [2.75, 3.05) is 0 Å². The minimum atomic E-state index is 0. The number of carbonyl (C=O) groups excluding carboxylic acids is 1. The summed E-state index contributed by atoms with van der Waals surface area (Å²) in [6.07, 6.45) is 6.54. The van der Waals surface area contributed by atoms with Crippen LogP contribution in [0.1, 0.15) is 79.4 Å². The van der Waals surface area contributed by atoms with Gasteiger partial charge in [-0.25, -0.2) is 0 Å². The molecule has 0 aliphatic heterocycles. The maximum absolute atomic E-state index is 11.2. The monoisotopic (exact) mass is 793 g/mol. The van der Waals surface area contributed by atoms with Gasteiger partial charge >= 0.3 is 0 Å². The normalized spacial score (nSPS) is 11.9. The Labute approximate surface area is 289 Å². The summed E-state index contributed by atoms with van der Waals surface area (Å²) in [6.45, 7) is 17.1. The van der Waals surface area contributed by atoms with Gasteiger partial charge in [0.25, 0.3) is 0 Å². The standard InChI is InChI=1S/C31H30N.C11H20O2.Ir/c1-20(2)15-22-17-23(16-21(3)4)19-25(18-22)31-30-12-11-27-26-8-6-5-7-24(26)9-10-28(27)29(30)13-14-32-31;1-8(2)5-10(12)7-11(13)6-9(3)4;/h5-14,17-18,20-21H,15-16H2,1-4H3;7-9,12H,5-6H2,1-4H3;/q-1;;/b;10-7-;. The number of aliphatic hydroxyl groups excluding tert-OH is 1. The summed E-state index contributed by atoms with van der Waals surface area (Å²) < 4.78 is 0. The van der Waals surface area contributed by atoms with Crippen LogP contribution in [0.15, 0.2) is 84.8 Å². The van der Waals surface area contributed by atoms with Crippen LogP contribution in [0, 0.1) is 29.7 Å². The van der Waals surface area contributed by atoms with E-state index in [1.165, 1.54) is 49.5 Å². The van der Waals surface area contributed by atoms with Crippen molar-refractivity contribution in [3.05, 3.63) is 102 Å². The number of carbonyl (C=O) groups is 1. The van der Waals surface area contributed by atoms with Gasteiger partial charge in [0.2, 0.25) is 0 Å².